The average molecular weight is 544 g/mol. The Bertz CT molecular complexity index is 819. The molecule has 2 aromatic rings. The molecule has 0 spiro atoms. The molecule has 1 atom stereocenters. The van der Waals surface area contributed by atoms with Crippen LogP contribution in [-0.4, -0.2) is 16.1 Å². The van der Waals surface area contributed by atoms with Crippen molar-refractivity contribution in [3.63, 3.8) is 0 Å². The van der Waals surface area contributed by atoms with Gasteiger partial charge in [-0.25, -0.2) is 0 Å². The topological polar surface area (TPSA) is 0 Å². The minimum absolute atomic E-state index is 0.770. The number of allylic oxidation sites excluding steroid dienone is 1. The first-order valence-corrected chi connectivity index (χ1v) is 26.0. The molecule has 0 aliphatic heterocycles. The summed E-state index contributed by atoms with van der Waals surface area (Å²) in [6, 6.07) is 14.6. The van der Waals surface area contributed by atoms with Crippen molar-refractivity contribution >= 4 is 32.6 Å². The minimum atomic E-state index is -1.45. The zero-order valence-electron chi connectivity index (χ0n) is 17.7. The van der Waals surface area contributed by atoms with Gasteiger partial charge in [0.25, 0.3) is 0 Å². The van der Waals surface area contributed by atoms with Crippen molar-refractivity contribution in [2.24, 2.45) is 0 Å². The molecule has 137 valence electrons. The predicted octanol–water partition coefficient (Wildman–Crippen LogP) is 6.23. The van der Waals surface area contributed by atoms with Gasteiger partial charge in [0.2, 0.25) is 0 Å². The molecule has 0 nitrogen and oxygen atoms in total. The quantitative estimate of drug-likeness (QED) is 0.401. The molecule has 1 aliphatic rings. The third-order valence-corrected chi connectivity index (χ3v) is 15.8. The molecular formula is C23H33HfSi2. The summed E-state index contributed by atoms with van der Waals surface area (Å²) in [5.41, 5.74) is 6.00. The molecule has 3 rings (SSSR count). The van der Waals surface area contributed by atoms with E-state index in [2.05, 4.69) is 97.2 Å². The van der Waals surface area contributed by atoms with E-state index >= 15 is 0 Å². The van der Waals surface area contributed by atoms with Crippen molar-refractivity contribution < 1.29 is 21.4 Å². The molecule has 1 aliphatic carbocycles. The van der Waals surface area contributed by atoms with Crippen LogP contribution in [0.1, 0.15) is 14.8 Å². The van der Waals surface area contributed by atoms with Gasteiger partial charge in [-0.2, -0.15) is 0 Å². The van der Waals surface area contributed by atoms with Crippen molar-refractivity contribution in [1.82, 2.24) is 0 Å². The van der Waals surface area contributed by atoms with Crippen LogP contribution in [0.25, 0.3) is 17.2 Å². The van der Waals surface area contributed by atoms with Gasteiger partial charge in [0, 0.05) is 0 Å². The van der Waals surface area contributed by atoms with E-state index in [0.717, 1.165) is 3.67 Å². The first-order valence-electron chi connectivity index (χ1n) is 9.76. The van der Waals surface area contributed by atoms with Gasteiger partial charge >= 0.3 is 171 Å². The fraction of sp³-hybridized carbons (Fsp3) is 0.391. The standard InChI is InChI=1S/C21H27Si2.2CH3.Hf/c1-22(2,3)18-13-17(14-19(15-18)23(4,5)6)21-12-8-10-16-9-7-11-20(16)21;;;/h7-15H,1-6H3;2*1H3;. The van der Waals surface area contributed by atoms with Crippen LogP contribution < -0.4 is 10.4 Å². The van der Waals surface area contributed by atoms with Crippen molar-refractivity contribution in [1.29, 1.82) is 0 Å². The van der Waals surface area contributed by atoms with E-state index in [1.165, 1.54) is 16.7 Å². The zero-order valence-corrected chi connectivity index (χ0v) is 23.3. The molecule has 0 heterocycles. The molecule has 3 heteroatoms. The van der Waals surface area contributed by atoms with Crippen LogP contribution in [0, 0.1) is 0 Å². The molecule has 0 radical (unpaired) electrons. The number of hydrogen-bond acceptors (Lipinski definition) is 0. The second-order valence-corrected chi connectivity index (χ2v) is 30.2. The molecule has 0 bridgehead atoms. The molecular weight excluding hydrogens is 511 g/mol. The first-order chi connectivity index (χ1) is 12.0. The normalized spacial score (nSPS) is 16.7. The Hall–Kier alpha value is -0.516. The summed E-state index contributed by atoms with van der Waals surface area (Å²) >= 11 is -1.45. The average Bonchev–Trinajstić information content (AvgIpc) is 2.97. The van der Waals surface area contributed by atoms with E-state index in [1.54, 1.807) is 15.9 Å². The SMILES string of the molecule is [CH3][Hf]([CH3])[CH]1C=Cc2c(-c3cc([Si](C)(C)C)cc([Si](C)(C)C)c3)cccc21. The van der Waals surface area contributed by atoms with E-state index in [-0.39, 0.29) is 0 Å². The summed E-state index contributed by atoms with van der Waals surface area (Å²) in [6.45, 7) is 14.8. The van der Waals surface area contributed by atoms with Crippen molar-refractivity contribution in [2.75, 3.05) is 0 Å². The number of fused-ring (bicyclic) bond motifs is 1. The third-order valence-electron chi connectivity index (χ3n) is 5.53. The van der Waals surface area contributed by atoms with Crippen LogP contribution in [0.3, 0.4) is 0 Å². The molecule has 0 aromatic heterocycles. The Kier molecular flexibility index (Phi) is 5.55. The monoisotopic (exact) mass is 545 g/mol. The molecule has 26 heavy (non-hydrogen) atoms. The molecule has 0 saturated heterocycles. The maximum absolute atomic E-state index is 2.54. The third kappa shape index (κ3) is 4.00. The van der Waals surface area contributed by atoms with Crippen LogP contribution in [-0.2, 0) is 21.4 Å². The maximum atomic E-state index is 2.54. The van der Waals surface area contributed by atoms with Gasteiger partial charge in [-0.15, -0.1) is 0 Å². The fourth-order valence-electron chi connectivity index (χ4n) is 3.74. The molecule has 0 fully saturated rings. The molecule has 0 saturated carbocycles. The van der Waals surface area contributed by atoms with Gasteiger partial charge in [0.05, 0.1) is 0 Å². The van der Waals surface area contributed by atoms with Crippen molar-refractivity contribution in [3.05, 3.63) is 53.6 Å². The molecule has 2 aromatic carbocycles. The van der Waals surface area contributed by atoms with Crippen molar-refractivity contribution in [3.8, 4) is 11.1 Å². The summed E-state index contributed by atoms with van der Waals surface area (Å²) < 4.78 is 5.85. The van der Waals surface area contributed by atoms with Gasteiger partial charge < -0.3 is 0 Å². The summed E-state index contributed by atoms with van der Waals surface area (Å²) in [5, 5.41) is 3.21. The number of hydrogen-bond donors (Lipinski definition) is 0. The van der Waals surface area contributed by atoms with Gasteiger partial charge in [-0.05, 0) is 0 Å². The fourth-order valence-corrected chi connectivity index (χ4v) is 11.1. The summed E-state index contributed by atoms with van der Waals surface area (Å²) in [6.07, 6.45) is 4.92. The summed E-state index contributed by atoms with van der Waals surface area (Å²) in [4.78, 5) is 0. The van der Waals surface area contributed by atoms with Crippen LogP contribution in [0.5, 0.6) is 0 Å². The summed E-state index contributed by atoms with van der Waals surface area (Å²) in [7, 11) is -2.70. The predicted molar refractivity (Wildman–Crippen MR) is 121 cm³/mol. The Balaban J connectivity index is 2.21. The first kappa shape index (κ1) is 20.2. The van der Waals surface area contributed by atoms with Gasteiger partial charge in [-0.3, -0.25) is 0 Å². The number of benzene rings is 2. The van der Waals surface area contributed by atoms with Gasteiger partial charge in [0.15, 0.2) is 0 Å². The molecule has 0 amide bonds. The van der Waals surface area contributed by atoms with Gasteiger partial charge in [0.1, 0.15) is 0 Å². The number of rotatable bonds is 4. The molecule has 1 unspecified atom stereocenters. The second-order valence-electron chi connectivity index (χ2n) is 10.0. The van der Waals surface area contributed by atoms with E-state index < -0.39 is 37.6 Å². The Labute approximate surface area is 170 Å². The van der Waals surface area contributed by atoms with E-state index in [4.69, 9.17) is 0 Å². The molecule has 0 N–H and O–H groups in total. The van der Waals surface area contributed by atoms with Crippen LogP contribution in [0.2, 0.25) is 48.6 Å². The van der Waals surface area contributed by atoms with E-state index in [9.17, 15) is 0 Å². The second kappa shape index (κ2) is 7.14. The van der Waals surface area contributed by atoms with Gasteiger partial charge in [-0.1, -0.05) is 0 Å². The van der Waals surface area contributed by atoms with Crippen LogP contribution in [0.15, 0.2) is 42.5 Å². The van der Waals surface area contributed by atoms with Crippen molar-refractivity contribution in [2.45, 2.75) is 52.3 Å². The van der Waals surface area contributed by atoms with Crippen LogP contribution in [0.4, 0.5) is 0 Å². The zero-order chi connectivity index (χ0) is 19.3. The Morgan fingerprint density at radius 3 is 1.88 bits per heavy atom. The van der Waals surface area contributed by atoms with E-state index in [1.807, 2.05) is 0 Å². The van der Waals surface area contributed by atoms with Crippen LogP contribution >= 0.6 is 0 Å². The van der Waals surface area contributed by atoms with E-state index in [0.29, 0.717) is 0 Å². The Morgan fingerprint density at radius 1 is 0.808 bits per heavy atom. The summed E-state index contributed by atoms with van der Waals surface area (Å²) in [5.74, 6) is 0. The Morgan fingerprint density at radius 2 is 1.38 bits per heavy atom.